The normalized spacial score (nSPS) is 12.5. The summed E-state index contributed by atoms with van der Waals surface area (Å²) in [5.41, 5.74) is -1.11. The lowest BCUT2D eigenvalue weighted by Gasteiger charge is -2.15. The molecule has 0 fully saturated rings. The summed E-state index contributed by atoms with van der Waals surface area (Å²) in [6.07, 6.45) is -5.19. The van der Waals surface area contributed by atoms with Crippen LogP contribution in [0.15, 0.2) is 42.5 Å². The van der Waals surface area contributed by atoms with Crippen LogP contribution < -0.4 is 5.32 Å². The molecular formula is C17H12ClF4NO3. The Morgan fingerprint density at radius 2 is 1.73 bits per heavy atom. The third kappa shape index (κ3) is 4.95. The van der Waals surface area contributed by atoms with Crippen LogP contribution in [0.3, 0.4) is 0 Å². The Labute approximate surface area is 150 Å². The van der Waals surface area contributed by atoms with Crippen molar-refractivity contribution in [2.75, 3.05) is 5.32 Å². The molecule has 9 heteroatoms. The van der Waals surface area contributed by atoms with Gasteiger partial charge in [0.15, 0.2) is 0 Å². The average molecular weight is 390 g/mol. The minimum absolute atomic E-state index is 0.125. The topological polar surface area (TPSA) is 66.4 Å². The molecule has 0 aliphatic rings. The van der Waals surface area contributed by atoms with Gasteiger partial charge in [-0.2, -0.15) is 13.2 Å². The van der Waals surface area contributed by atoms with E-state index in [-0.39, 0.29) is 16.3 Å². The van der Waals surface area contributed by atoms with Gasteiger partial charge in [-0.05, 0) is 35.9 Å². The number of benzene rings is 2. The van der Waals surface area contributed by atoms with Gasteiger partial charge in [0.05, 0.1) is 22.2 Å². The van der Waals surface area contributed by atoms with Crippen LogP contribution in [0.1, 0.15) is 23.5 Å². The van der Waals surface area contributed by atoms with Crippen LogP contribution >= 0.6 is 11.6 Å². The largest absolute Gasteiger partial charge is 0.481 e. The first-order valence-electron chi connectivity index (χ1n) is 7.23. The molecule has 138 valence electrons. The molecule has 0 aliphatic carbocycles. The molecule has 0 aliphatic heterocycles. The molecule has 0 bridgehead atoms. The first kappa shape index (κ1) is 19.7. The highest BCUT2D eigenvalue weighted by molar-refractivity contribution is 6.33. The van der Waals surface area contributed by atoms with Gasteiger partial charge in [-0.25, -0.2) is 4.39 Å². The summed E-state index contributed by atoms with van der Waals surface area (Å²) < 4.78 is 51.2. The van der Waals surface area contributed by atoms with Gasteiger partial charge in [0, 0.05) is 6.42 Å². The van der Waals surface area contributed by atoms with E-state index in [4.69, 9.17) is 11.6 Å². The minimum Gasteiger partial charge on any atom is -0.481 e. The van der Waals surface area contributed by atoms with Gasteiger partial charge in [-0.15, -0.1) is 0 Å². The third-order valence-corrected chi connectivity index (χ3v) is 3.86. The van der Waals surface area contributed by atoms with E-state index in [2.05, 4.69) is 5.32 Å². The van der Waals surface area contributed by atoms with E-state index in [1.165, 1.54) is 12.1 Å². The van der Waals surface area contributed by atoms with E-state index in [1.807, 2.05) is 0 Å². The lowest BCUT2D eigenvalue weighted by molar-refractivity contribution is -0.140. The monoisotopic (exact) mass is 389 g/mol. The lowest BCUT2D eigenvalue weighted by Crippen LogP contribution is -2.21. The number of carbonyl (C=O) groups excluding carboxylic acids is 1. The Bertz CT molecular complexity index is 822. The number of anilines is 1. The summed E-state index contributed by atoms with van der Waals surface area (Å²) in [7, 11) is 0. The van der Waals surface area contributed by atoms with Crippen LogP contribution in [0.25, 0.3) is 0 Å². The molecule has 2 N–H and O–H groups in total. The number of carboxylic acids is 1. The van der Waals surface area contributed by atoms with Gasteiger partial charge in [0.2, 0.25) is 5.91 Å². The Balaban J connectivity index is 2.18. The van der Waals surface area contributed by atoms with Crippen molar-refractivity contribution in [1.29, 1.82) is 0 Å². The number of nitrogens with one attached hydrogen (secondary N) is 1. The van der Waals surface area contributed by atoms with E-state index in [1.54, 1.807) is 0 Å². The molecule has 0 saturated heterocycles. The fraction of sp³-hybridized carbons (Fsp3) is 0.176. The quantitative estimate of drug-likeness (QED) is 0.729. The van der Waals surface area contributed by atoms with Crippen LogP contribution in [0.2, 0.25) is 5.02 Å². The van der Waals surface area contributed by atoms with Crippen molar-refractivity contribution in [3.05, 3.63) is 64.4 Å². The number of aliphatic carboxylic acids is 1. The zero-order valence-electron chi connectivity index (χ0n) is 13.0. The van der Waals surface area contributed by atoms with Gasteiger partial charge in [0.1, 0.15) is 5.82 Å². The van der Waals surface area contributed by atoms with Gasteiger partial charge in [-0.1, -0.05) is 23.7 Å². The lowest BCUT2D eigenvalue weighted by atomic mass is 9.95. The van der Waals surface area contributed by atoms with E-state index >= 15 is 0 Å². The molecule has 1 amide bonds. The zero-order valence-corrected chi connectivity index (χ0v) is 13.7. The number of amides is 1. The number of hydrogen-bond donors (Lipinski definition) is 2. The maximum Gasteiger partial charge on any atom is 0.416 e. The highest BCUT2D eigenvalue weighted by atomic mass is 35.5. The van der Waals surface area contributed by atoms with Crippen molar-refractivity contribution < 1.29 is 32.3 Å². The molecular weight excluding hydrogens is 378 g/mol. The molecule has 4 nitrogen and oxygen atoms in total. The summed E-state index contributed by atoms with van der Waals surface area (Å²) in [6, 6.07) is 6.94. The fourth-order valence-corrected chi connectivity index (χ4v) is 2.39. The van der Waals surface area contributed by atoms with E-state index in [0.717, 1.165) is 24.3 Å². The molecule has 0 heterocycles. The van der Waals surface area contributed by atoms with Gasteiger partial charge < -0.3 is 10.4 Å². The predicted octanol–water partition coefficient (Wildman–Crippen LogP) is 4.69. The Morgan fingerprint density at radius 1 is 1.12 bits per heavy atom. The molecule has 1 atom stereocenters. The molecule has 2 aromatic rings. The number of carboxylic acid groups (broad SMARTS) is 1. The number of carbonyl (C=O) groups is 2. The Kier molecular flexibility index (Phi) is 5.86. The Morgan fingerprint density at radius 3 is 2.27 bits per heavy atom. The molecule has 0 radical (unpaired) electrons. The molecule has 0 unspecified atom stereocenters. The standard InChI is InChI=1S/C17H12ClF4NO3/c18-13-6-3-10(17(20,21)22)7-14(13)23-15(24)8-12(16(25)26)9-1-4-11(19)5-2-9/h1-7,12H,8H2,(H,23,24)(H,25,26)/t12-/m0/s1. The molecule has 2 rings (SSSR count). The number of hydrogen-bond acceptors (Lipinski definition) is 2. The SMILES string of the molecule is O=C(C[C@H](C(=O)O)c1ccc(F)cc1)Nc1cc(C(F)(F)F)ccc1Cl. The van der Waals surface area contributed by atoms with E-state index in [0.29, 0.717) is 6.07 Å². The first-order chi connectivity index (χ1) is 12.1. The maximum atomic E-state index is 12.9. The second-order valence-corrected chi connectivity index (χ2v) is 5.79. The first-order valence-corrected chi connectivity index (χ1v) is 7.60. The van der Waals surface area contributed by atoms with Crippen LogP contribution in [0.4, 0.5) is 23.2 Å². The van der Waals surface area contributed by atoms with E-state index in [9.17, 15) is 32.3 Å². The van der Waals surface area contributed by atoms with E-state index < -0.39 is 41.8 Å². The second kappa shape index (κ2) is 7.74. The molecule has 2 aromatic carbocycles. The van der Waals surface area contributed by atoms with Crippen molar-refractivity contribution in [2.24, 2.45) is 0 Å². The van der Waals surface area contributed by atoms with Crippen molar-refractivity contribution in [1.82, 2.24) is 0 Å². The minimum atomic E-state index is -4.62. The molecule has 26 heavy (non-hydrogen) atoms. The van der Waals surface area contributed by atoms with Crippen molar-refractivity contribution >= 4 is 29.2 Å². The zero-order chi connectivity index (χ0) is 19.5. The predicted molar refractivity (Wildman–Crippen MR) is 86.5 cm³/mol. The van der Waals surface area contributed by atoms with Crippen LogP contribution in [0, 0.1) is 5.82 Å². The van der Waals surface area contributed by atoms with Gasteiger partial charge in [-0.3, -0.25) is 9.59 Å². The summed E-state index contributed by atoms with van der Waals surface area (Å²) in [4.78, 5) is 23.5. The van der Waals surface area contributed by atoms with Gasteiger partial charge >= 0.3 is 12.1 Å². The number of alkyl halides is 3. The fourth-order valence-electron chi connectivity index (χ4n) is 2.23. The number of rotatable bonds is 5. The summed E-state index contributed by atoms with van der Waals surface area (Å²) in [6.45, 7) is 0. The summed E-state index contributed by atoms with van der Waals surface area (Å²) in [5, 5.41) is 11.3. The summed E-state index contributed by atoms with van der Waals surface area (Å²) >= 11 is 5.78. The average Bonchev–Trinajstić information content (AvgIpc) is 2.54. The van der Waals surface area contributed by atoms with Crippen molar-refractivity contribution in [3.8, 4) is 0 Å². The summed E-state index contributed by atoms with van der Waals surface area (Å²) in [5.74, 6) is -4.04. The van der Waals surface area contributed by atoms with Crippen molar-refractivity contribution in [3.63, 3.8) is 0 Å². The smallest absolute Gasteiger partial charge is 0.416 e. The third-order valence-electron chi connectivity index (χ3n) is 3.53. The van der Waals surface area contributed by atoms with Crippen LogP contribution in [-0.2, 0) is 15.8 Å². The maximum absolute atomic E-state index is 12.9. The Hall–Kier alpha value is -2.61. The van der Waals surface area contributed by atoms with Crippen LogP contribution in [0.5, 0.6) is 0 Å². The molecule has 0 saturated carbocycles. The van der Waals surface area contributed by atoms with Crippen LogP contribution in [-0.4, -0.2) is 17.0 Å². The highest BCUT2D eigenvalue weighted by Gasteiger charge is 2.31. The van der Waals surface area contributed by atoms with Gasteiger partial charge in [0.25, 0.3) is 0 Å². The molecule has 0 spiro atoms. The highest BCUT2D eigenvalue weighted by Crippen LogP contribution is 2.34. The second-order valence-electron chi connectivity index (χ2n) is 5.39. The number of halogens is 5. The molecule has 0 aromatic heterocycles. The van der Waals surface area contributed by atoms with Crippen molar-refractivity contribution in [2.45, 2.75) is 18.5 Å².